The van der Waals surface area contributed by atoms with E-state index < -0.39 is 157 Å². The number of aliphatic hydroxyl groups excluding tert-OH is 5. The zero-order chi connectivity index (χ0) is 47.5. The summed E-state index contributed by atoms with van der Waals surface area (Å²) in [6, 6.07) is 0. The van der Waals surface area contributed by atoms with E-state index in [-0.39, 0.29) is 34.2 Å². The molecule has 0 aliphatic heterocycles. The van der Waals surface area contributed by atoms with Gasteiger partial charge < -0.3 is 77.7 Å². The lowest BCUT2D eigenvalue weighted by Gasteiger charge is -2.37. The van der Waals surface area contributed by atoms with E-state index in [0.717, 1.165) is 0 Å². The van der Waals surface area contributed by atoms with E-state index in [1.807, 2.05) is 0 Å². The summed E-state index contributed by atoms with van der Waals surface area (Å²) in [7, 11) is 0. The molecule has 5 N–H and O–H groups in total. The third-order valence-electron chi connectivity index (χ3n) is 7.46. The van der Waals surface area contributed by atoms with Crippen molar-refractivity contribution in [2.24, 2.45) is 0 Å². The summed E-state index contributed by atoms with van der Waals surface area (Å²) in [5.74, 6) is -4.11. The van der Waals surface area contributed by atoms with Crippen molar-refractivity contribution < 1.29 is 102 Å². The zero-order valence-corrected chi connectivity index (χ0v) is 35.9. The number of hydrogen-bond donors (Lipinski definition) is 5. The van der Waals surface area contributed by atoms with Crippen LogP contribution in [0.2, 0.25) is 0 Å². The lowest BCUT2D eigenvalue weighted by atomic mass is 10.0. The number of aldehydes is 1. The second-order valence-corrected chi connectivity index (χ2v) is 14.1. The van der Waals surface area contributed by atoms with Crippen molar-refractivity contribution in [1.82, 2.24) is 0 Å². The highest BCUT2D eigenvalue weighted by Crippen LogP contribution is 2.21. The van der Waals surface area contributed by atoms with Gasteiger partial charge in [0.1, 0.15) is 88.0 Å². The minimum Gasteiger partial charge on any atom is -0.460 e. The first-order valence-electron chi connectivity index (χ1n) is 19.0. The Morgan fingerprint density at radius 3 is 0.984 bits per heavy atom. The number of ether oxygens (including phenoxy) is 10. The lowest BCUT2D eigenvalue weighted by Crippen LogP contribution is -2.54. The van der Waals surface area contributed by atoms with E-state index in [1.54, 1.807) is 0 Å². The predicted molar refractivity (Wildman–Crippen MR) is 215 cm³/mol. The van der Waals surface area contributed by atoms with Crippen molar-refractivity contribution in [2.45, 2.75) is 89.6 Å². The first-order valence-corrected chi connectivity index (χ1v) is 19.0. The normalized spacial score (nSPS) is 15.5. The molecule has 9 atom stereocenters. The molecule has 0 bridgehead atoms. The van der Waals surface area contributed by atoms with E-state index >= 15 is 0 Å². The Bertz CT molecular complexity index is 1520. The van der Waals surface area contributed by atoms with Crippen molar-refractivity contribution in [3.63, 3.8) is 0 Å². The lowest BCUT2D eigenvalue weighted by molar-refractivity contribution is -0.209. The van der Waals surface area contributed by atoms with Crippen LogP contribution >= 0.6 is 0 Å². The van der Waals surface area contributed by atoms with Crippen LogP contribution in [0.25, 0.3) is 0 Å². The Balaban J connectivity index is 7.01. The maximum atomic E-state index is 12.8. The molecule has 0 fully saturated rings. The Morgan fingerprint density at radius 2 is 0.677 bits per heavy atom. The largest absolute Gasteiger partial charge is 0.460 e. The first kappa shape index (κ1) is 57.3. The summed E-state index contributed by atoms with van der Waals surface area (Å²) in [6.07, 6.45) is -14.1. The molecule has 62 heavy (non-hydrogen) atoms. The fraction of sp³-hybridized carbons (Fsp3) is 0.610. The van der Waals surface area contributed by atoms with Gasteiger partial charge in [-0.1, -0.05) is 32.9 Å². The second kappa shape index (κ2) is 31.2. The highest BCUT2D eigenvalue weighted by molar-refractivity contribution is 5.88. The Labute approximate surface area is 360 Å². The van der Waals surface area contributed by atoms with Gasteiger partial charge in [-0.05, 0) is 34.6 Å². The molecule has 0 radical (unpaired) electrons. The molecule has 0 aromatic heterocycles. The summed E-state index contributed by atoms with van der Waals surface area (Å²) in [6.45, 7) is 17.4. The van der Waals surface area contributed by atoms with Crippen molar-refractivity contribution in [2.75, 3.05) is 72.7 Å². The Morgan fingerprint density at radius 1 is 0.403 bits per heavy atom. The van der Waals surface area contributed by atoms with Gasteiger partial charge in [-0.2, -0.15) is 0 Å². The number of carbonyl (C=O) groups excluding carboxylic acids is 6. The third kappa shape index (κ3) is 25.3. The van der Waals surface area contributed by atoms with Gasteiger partial charge in [0.25, 0.3) is 0 Å². The fourth-order valence-corrected chi connectivity index (χ4v) is 4.18. The van der Waals surface area contributed by atoms with E-state index in [4.69, 9.17) is 47.4 Å². The first-order chi connectivity index (χ1) is 29.0. The van der Waals surface area contributed by atoms with Crippen LogP contribution in [0.15, 0.2) is 60.8 Å². The molecular weight excluding hydrogens is 828 g/mol. The summed E-state index contributed by atoms with van der Waals surface area (Å²) < 4.78 is 54.1. The van der Waals surface area contributed by atoms with Gasteiger partial charge in [-0.15, -0.1) is 0 Å². The molecule has 352 valence electrons. The fourth-order valence-electron chi connectivity index (χ4n) is 4.18. The Hall–Kier alpha value is -4.68. The number of aliphatic hydroxyl groups is 5. The van der Waals surface area contributed by atoms with Crippen LogP contribution in [0.4, 0.5) is 0 Å². The minimum absolute atomic E-state index is 0.0224. The molecule has 21 heteroatoms. The summed E-state index contributed by atoms with van der Waals surface area (Å²) >= 11 is 0. The monoisotopic (exact) mass is 890 g/mol. The molecule has 21 nitrogen and oxygen atoms in total. The van der Waals surface area contributed by atoms with Crippen LogP contribution in [0.1, 0.15) is 34.6 Å². The predicted octanol–water partition coefficient (Wildman–Crippen LogP) is -0.856. The SMILES string of the molecule is C=C(C)C(=O)OCC(O)COC[C@@H](OCC(O)COC(=O)C(=C)C)[C@@H](OCC(O)COC(=O)C(=C)C)[C@H](OCC(O)COC(=O)C(=C)C)[C@@H](C=O)OCC(O)COC(=O)C(=C)C. The van der Waals surface area contributed by atoms with E-state index in [2.05, 4.69) is 32.9 Å². The molecule has 0 heterocycles. The molecule has 0 spiro atoms. The van der Waals surface area contributed by atoms with E-state index in [9.17, 15) is 54.3 Å². The molecule has 0 aliphatic carbocycles. The number of rotatable bonds is 35. The standard InChI is InChI=1S/C41H62O21/c1-23(2)37(48)58-17-28(43)12-53-22-34(55-14-30(45)19-60-39(50)25(5)6)36(57-16-32(47)21-62-41(52)27(9)10)35(56-15-31(46)20-61-40(51)26(7)8)33(11-42)54-13-29(44)18-59-38(49)24(3)4/h11,28-36,43-47H,1,3,5,7,9,12-22H2,2,4,6,8,10H3/t28?,29?,30?,31?,32?,33-,34-,35-,36-/m1/s1. The Kier molecular flexibility index (Phi) is 28.8. The van der Waals surface area contributed by atoms with Crippen LogP contribution in [0.3, 0.4) is 0 Å². The molecule has 0 saturated heterocycles. The van der Waals surface area contributed by atoms with Gasteiger partial charge in [0.15, 0.2) is 6.29 Å². The summed E-state index contributed by atoms with van der Waals surface area (Å²) in [4.78, 5) is 72.5. The molecule has 0 aliphatic rings. The average Bonchev–Trinajstić information content (AvgIpc) is 3.21. The van der Waals surface area contributed by atoms with Gasteiger partial charge in [-0.3, -0.25) is 0 Å². The maximum absolute atomic E-state index is 12.8. The van der Waals surface area contributed by atoms with Gasteiger partial charge in [0, 0.05) is 27.9 Å². The van der Waals surface area contributed by atoms with Gasteiger partial charge in [-0.25, -0.2) is 24.0 Å². The maximum Gasteiger partial charge on any atom is 0.333 e. The van der Waals surface area contributed by atoms with Crippen LogP contribution in [0.5, 0.6) is 0 Å². The average molecular weight is 891 g/mol. The van der Waals surface area contributed by atoms with Crippen LogP contribution in [-0.2, 0) is 76.1 Å². The summed E-state index contributed by atoms with van der Waals surface area (Å²) in [5, 5.41) is 53.2. The molecule has 0 aromatic carbocycles. The smallest absolute Gasteiger partial charge is 0.333 e. The zero-order valence-electron chi connectivity index (χ0n) is 35.9. The molecule has 5 unspecified atom stereocenters. The van der Waals surface area contributed by atoms with Crippen molar-refractivity contribution in [3.05, 3.63) is 60.8 Å². The van der Waals surface area contributed by atoms with Crippen molar-refractivity contribution >= 4 is 36.1 Å². The molecule has 0 saturated carbocycles. The molecule has 0 aromatic rings. The highest BCUT2D eigenvalue weighted by atomic mass is 16.6. The van der Waals surface area contributed by atoms with Crippen LogP contribution in [0, 0.1) is 0 Å². The molecule has 0 amide bonds. The molecule has 0 rings (SSSR count). The van der Waals surface area contributed by atoms with Gasteiger partial charge in [0.2, 0.25) is 0 Å². The van der Waals surface area contributed by atoms with E-state index in [1.165, 1.54) is 34.6 Å². The summed E-state index contributed by atoms with van der Waals surface area (Å²) in [5.41, 5.74) is 0.180. The van der Waals surface area contributed by atoms with Crippen LogP contribution < -0.4 is 0 Å². The number of hydrogen-bond acceptors (Lipinski definition) is 21. The highest BCUT2D eigenvalue weighted by Gasteiger charge is 2.40. The quantitative estimate of drug-likeness (QED) is 0.0224. The minimum atomic E-state index is -1.77. The molecular formula is C41H62O21. The van der Waals surface area contributed by atoms with Gasteiger partial charge >= 0.3 is 29.8 Å². The van der Waals surface area contributed by atoms with Crippen LogP contribution in [-0.4, -0.2) is 189 Å². The van der Waals surface area contributed by atoms with Crippen molar-refractivity contribution in [1.29, 1.82) is 0 Å². The number of esters is 5. The topological polar surface area (TPSA) is 296 Å². The second-order valence-electron chi connectivity index (χ2n) is 14.1. The number of carbonyl (C=O) groups is 6. The van der Waals surface area contributed by atoms with Gasteiger partial charge in [0.05, 0.1) is 39.6 Å². The third-order valence-corrected chi connectivity index (χ3v) is 7.46. The van der Waals surface area contributed by atoms with E-state index in [0.29, 0.717) is 0 Å². The van der Waals surface area contributed by atoms with Crippen molar-refractivity contribution in [3.8, 4) is 0 Å².